The van der Waals surface area contributed by atoms with Gasteiger partial charge in [0.25, 0.3) is 0 Å². The molecule has 0 amide bonds. The molecule has 106 valence electrons. The van der Waals surface area contributed by atoms with Crippen molar-refractivity contribution in [2.45, 2.75) is 6.92 Å². The van der Waals surface area contributed by atoms with Crippen LogP contribution in [0.25, 0.3) is 21.7 Å². The predicted molar refractivity (Wildman–Crippen MR) is 79.3 cm³/mol. The van der Waals surface area contributed by atoms with Crippen LogP contribution in [0.2, 0.25) is 5.15 Å². The van der Waals surface area contributed by atoms with Crippen molar-refractivity contribution in [3.63, 3.8) is 0 Å². The van der Waals surface area contributed by atoms with E-state index in [1.165, 1.54) is 13.3 Å². The molecule has 5 nitrogen and oxygen atoms in total. The lowest BCUT2D eigenvalue weighted by molar-refractivity contribution is -0.575. The Morgan fingerprint density at radius 1 is 1.33 bits per heavy atom. The van der Waals surface area contributed by atoms with Crippen LogP contribution in [0.1, 0.15) is 16.1 Å². The van der Waals surface area contributed by atoms with E-state index in [0.29, 0.717) is 32.9 Å². The Morgan fingerprint density at radius 3 is 2.76 bits per heavy atom. The van der Waals surface area contributed by atoms with E-state index in [4.69, 9.17) is 16.3 Å². The van der Waals surface area contributed by atoms with Gasteiger partial charge in [0.05, 0.1) is 29.1 Å². The first kappa shape index (κ1) is 13.6. The van der Waals surface area contributed by atoms with Gasteiger partial charge in [-0.05, 0) is 13.0 Å². The van der Waals surface area contributed by atoms with Gasteiger partial charge in [0, 0.05) is 11.5 Å². The first-order valence-electron chi connectivity index (χ1n) is 6.23. The molecule has 3 aromatic rings. The first-order valence-corrected chi connectivity index (χ1v) is 6.61. The van der Waals surface area contributed by atoms with Gasteiger partial charge in [-0.15, -0.1) is 0 Å². The fourth-order valence-electron chi connectivity index (χ4n) is 2.50. The standard InChI is InChI=1S/C15H11ClN2O3/c1-8-12(15(19)21-2)13-9-5-3-4-6-11(9)18(20)7-10(13)14(16)17-8/h3-7H,1-2H3. The van der Waals surface area contributed by atoms with Crippen molar-refractivity contribution in [3.8, 4) is 0 Å². The zero-order valence-electron chi connectivity index (χ0n) is 11.4. The second kappa shape index (κ2) is 4.86. The first-order chi connectivity index (χ1) is 10.0. The molecule has 0 N–H and O–H groups in total. The molecule has 0 aliphatic heterocycles. The number of hydrogen-bond acceptors (Lipinski definition) is 4. The average Bonchev–Trinajstić information content (AvgIpc) is 2.48. The Bertz CT molecular complexity index is 893. The number of esters is 1. The van der Waals surface area contributed by atoms with Gasteiger partial charge >= 0.3 is 5.97 Å². The van der Waals surface area contributed by atoms with Gasteiger partial charge in [-0.25, -0.2) is 9.78 Å². The minimum absolute atomic E-state index is 0.186. The Labute approximate surface area is 125 Å². The molecule has 0 unspecified atom stereocenters. The topological polar surface area (TPSA) is 66.1 Å². The monoisotopic (exact) mass is 302 g/mol. The third kappa shape index (κ3) is 1.97. The summed E-state index contributed by atoms with van der Waals surface area (Å²) in [6.07, 6.45) is 1.33. The van der Waals surface area contributed by atoms with Crippen LogP contribution in [0.15, 0.2) is 30.5 Å². The molecular weight excluding hydrogens is 292 g/mol. The maximum absolute atomic E-state index is 12.1. The zero-order valence-corrected chi connectivity index (χ0v) is 12.1. The fraction of sp³-hybridized carbons (Fsp3) is 0.133. The molecule has 0 bridgehead atoms. The smallest absolute Gasteiger partial charge is 0.340 e. The quantitative estimate of drug-likeness (QED) is 0.228. The summed E-state index contributed by atoms with van der Waals surface area (Å²) in [7, 11) is 1.31. The number of hydrogen-bond donors (Lipinski definition) is 0. The summed E-state index contributed by atoms with van der Waals surface area (Å²) in [6, 6.07) is 7.02. The summed E-state index contributed by atoms with van der Waals surface area (Å²) < 4.78 is 5.56. The predicted octanol–water partition coefficient (Wildman–Crippen LogP) is 2.77. The summed E-state index contributed by atoms with van der Waals surface area (Å²) >= 11 is 6.14. The number of nitrogens with zero attached hydrogens (tertiary/aromatic N) is 2. The maximum atomic E-state index is 12.1. The van der Waals surface area contributed by atoms with Crippen molar-refractivity contribution in [2.24, 2.45) is 0 Å². The van der Waals surface area contributed by atoms with E-state index >= 15 is 0 Å². The SMILES string of the molecule is COC(=O)c1c(C)nc(Cl)c2c[n+]([O-])c3ccccc3c12. The minimum Gasteiger partial charge on any atom is -0.618 e. The minimum atomic E-state index is -0.504. The number of benzene rings is 1. The van der Waals surface area contributed by atoms with Crippen LogP contribution in [-0.4, -0.2) is 18.1 Å². The van der Waals surface area contributed by atoms with Crippen molar-refractivity contribution in [1.82, 2.24) is 4.98 Å². The van der Waals surface area contributed by atoms with Crippen LogP contribution in [0.4, 0.5) is 0 Å². The molecule has 2 heterocycles. The number of fused-ring (bicyclic) bond motifs is 3. The highest BCUT2D eigenvalue weighted by Gasteiger charge is 2.22. The molecule has 0 aliphatic carbocycles. The highest BCUT2D eigenvalue weighted by Crippen LogP contribution is 2.31. The van der Waals surface area contributed by atoms with Crippen LogP contribution in [-0.2, 0) is 4.74 Å². The summed E-state index contributed by atoms with van der Waals surface area (Å²) in [4.78, 5) is 16.2. The molecule has 6 heteroatoms. The molecule has 0 saturated carbocycles. The second-order valence-corrected chi connectivity index (χ2v) is 4.97. The van der Waals surface area contributed by atoms with Crippen LogP contribution in [0, 0.1) is 12.1 Å². The van der Waals surface area contributed by atoms with Crippen molar-refractivity contribution in [2.75, 3.05) is 7.11 Å². The van der Waals surface area contributed by atoms with Crippen molar-refractivity contribution in [1.29, 1.82) is 0 Å². The number of methoxy groups -OCH3 is 1. The molecule has 1 aromatic carbocycles. The number of rotatable bonds is 1. The van der Waals surface area contributed by atoms with E-state index in [1.807, 2.05) is 0 Å². The van der Waals surface area contributed by atoms with Crippen LogP contribution in [0.3, 0.4) is 0 Å². The summed E-state index contributed by atoms with van der Waals surface area (Å²) in [5.74, 6) is -0.504. The normalized spacial score (nSPS) is 11.0. The van der Waals surface area contributed by atoms with E-state index < -0.39 is 5.97 Å². The third-order valence-corrected chi connectivity index (χ3v) is 3.70. The van der Waals surface area contributed by atoms with Crippen LogP contribution >= 0.6 is 11.6 Å². The third-order valence-electron chi connectivity index (χ3n) is 3.42. The molecule has 21 heavy (non-hydrogen) atoms. The van der Waals surface area contributed by atoms with Crippen molar-refractivity contribution >= 4 is 39.2 Å². The van der Waals surface area contributed by atoms with E-state index in [0.717, 1.165) is 4.73 Å². The molecule has 3 rings (SSSR count). The number of para-hydroxylation sites is 1. The van der Waals surface area contributed by atoms with Gasteiger partial charge in [0.2, 0.25) is 5.52 Å². The van der Waals surface area contributed by atoms with Gasteiger partial charge in [-0.1, -0.05) is 23.7 Å². The average molecular weight is 303 g/mol. The number of ether oxygens (including phenoxy) is 1. The molecular formula is C15H11ClN2O3. The van der Waals surface area contributed by atoms with Gasteiger partial charge < -0.3 is 9.94 Å². The molecule has 0 aliphatic rings. The lowest BCUT2D eigenvalue weighted by atomic mass is 10.0. The number of aryl methyl sites for hydroxylation is 1. The molecule has 0 radical (unpaired) electrons. The van der Waals surface area contributed by atoms with Gasteiger partial charge in [-0.2, -0.15) is 4.73 Å². The summed E-state index contributed by atoms with van der Waals surface area (Å²) in [5.41, 5.74) is 1.25. The fourth-order valence-corrected chi connectivity index (χ4v) is 2.77. The Hall–Kier alpha value is -2.40. The number of aromatic nitrogens is 2. The molecule has 2 aromatic heterocycles. The number of halogens is 1. The van der Waals surface area contributed by atoms with Crippen molar-refractivity contribution < 1.29 is 14.3 Å². The van der Waals surface area contributed by atoms with Gasteiger partial charge in [0.15, 0.2) is 6.20 Å². The molecule has 0 atom stereocenters. The highest BCUT2D eigenvalue weighted by atomic mass is 35.5. The van der Waals surface area contributed by atoms with E-state index in [-0.39, 0.29) is 5.15 Å². The molecule has 0 saturated heterocycles. The van der Waals surface area contributed by atoms with E-state index in [9.17, 15) is 10.0 Å². The van der Waals surface area contributed by atoms with E-state index in [1.54, 1.807) is 31.2 Å². The lowest BCUT2D eigenvalue weighted by Gasteiger charge is -2.12. The van der Waals surface area contributed by atoms with E-state index in [2.05, 4.69) is 4.98 Å². The Morgan fingerprint density at radius 2 is 2.05 bits per heavy atom. The lowest BCUT2D eigenvalue weighted by Crippen LogP contribution is -2.26. The molecule has 0 spiro atoms. The summed E-state index contributed by atoms with van der Waals surface area (Å²) in [6.45, 7) is 1.69. The van der Waals surface area contributed by atoms with Crippen molar-refractivity contribution in [3.05, 3.63) is 52.1 Å². The number of carbonyl (C=O) groups excluding carboxylic acids is 1. The molecule has 0 fully saturated rings. The number of carbonyl (C=O) groups is 1. The zero-order chi connectivity index (χ0) is 15.1. The Kier molecular flexibility index (Phi) is 3.14. The largest absolute Gasteiger partial charge is 0.618 e. The number of pyridine rings is 2. The van der Waals surface area contributed by atoms with Crippen LogP contribution in [0.5, 0.6) is 0 Å². The Balaban J connectivity index is 2.64. The maximum Gasteiger partial charge on any atom is 0.340 e. The summed E-state index contributed by atoms with van der Waals surface area (Å²) in [5, 5.41) is 13.9. The van der Waals surface area contributed by atoms with Crippen LogP contribution < -0.4 is 4.73 Å². The second-order valence-electron chi connectivity index (χ2n) is 4.62. The van der Waals surface area contributed by atoms with Gasteiger partial charge in [-0.3, -0.25) is 0 Å². The van der Waals surface area contributed by atoms with Gasteiger partial charge in [0.1, 0.15) is 5.15 Å². The highest BCUT2D eigenvalue weighted by molar-refractivity contribution is 6.36.